The van der Waals surface area contributed by atoms with E-state index in [4.69, 9.17) is 0 Å². The van der Waals surface area contributed by atoms with Gasteiger partial charge in [0.2, 0.25) is 5.91 Å². The molecule has 0 radical (unpaired) electrons. The molecule has 4 heteroatoms. The molecule has 120 valence electrons. The van der Waals surface area contributed by atoms with Gasteiger partial charge in [-0.15, -0.1) is 0 Å². The Labute approximate surface area is 137 Å². The number of carbonyl (C=O) groups is 1. The van der Waals surface area contributed by atoms with Crippen LogP contribution in [0.3, 0.4) is 0 Å². The SMILES string of the molecule is Cc1ccc(N2C(=O)CN(Cc3ccccc3)C[C@@H]2CO)cc1. The predicted octanol–water partition coefficient (Wildman–Crippen LogP) is 2.20. The molecule has 0 aromatic heterocycles. The second kappa shape index (κ2) is 6.94. The van der Waals surface area contributed by atoms with Crippen LogP contribution in [0.1, 0.15) is 11.1 Å². The highest BCUT2D eigenvalue weighted by Crippen LogP contribution is 2.23. The fraction of sp³-hybridized carbons (Fsp3) is 0.316. The molecule has 1 aliphatic heterocycles. The number of hydrogen-bond donors (Lipinski definition) is 1. The van der Waals surface area contributed by atoms with Gasteiger partial charge < -0.3 is 10.0 Å². The van der Waals surface area contributed by atoms with Gasteiger partial charge in [-0.2, -0.15) is 0 Å². The number of rotatable bonds is 4. The largest absolute Gasteiger partial charge is 0.394 e. The lowest BCUT2D eigenvalue weighted by Crippen LogP contribution is -2.57. The average Bonchev–Trinajstić information content (AvgIpc) is 2.56. The third kappa shape index (κ3) is 3.60. The molecule has 1 saturated heterocycles. The third-order valence-corrected chi connectivity index (χ3v) is 4.23. The number of amides is 1. The van der Waals surface area contributed by atoms with Gasteiger partial charge >= 0.3 is 0 Å². The normalized spacial score (nSPS) is 19.1. The quantitative estimate of drug-likeness (QED) is 0.941. The first-order chi connectivity index (χ1) is 11.2. The zero-order chi connectivity index (χ0) is 16.2. The van der Waals surface area contributed by atoms with Crippen molar-refractivity contribution in [1.82, 2.24) is 4.90 Å². The van der Waals surface area contributed by atoms with E-state index < -0.39 is 0 Å². The van der Waals surface area contributed by atoms with E-state index in [0.29, 0.717) is 13.1 Å². The van der Waals surface area contributed by atoms with Gasteiger partial charge in [-0.25, -0.2) is 0 Å². The van der Waals surface area contributed by atoms with Gasteiger partial charge in [0, 0.05) is 18.8 Å². The van der Waals surface area contributed by atoms with E-state index in [1.807, 2.05) is 49.4 Å². The van der Waals surface area contributed by atoms with Crippen LogP contribution in [-0.4, -0.2) is 41.7 Å². The molecule has 4 nitrogen and oxygen atoms in total. The monoisotopic (exact) mass is 310 g/mol. The molecule has 1 N–H and O–H groups in total. The van der Waals surface area contributed by atoms with Crippen LogP contribution in [0.5, 0.6) is 0 Å². The molecule has 0 saturated carbocycles. The minimum atomic E-state index is -0.206. The van der Waals surface area contributed by atoms with Crippen molar-refractivity contribution in [3.8, 4) is 0 Å². The van der Waals surface area contributed by atoms with Gasteiger partial charge in [-0.05, 0) is 24.6 Å². The minimum Gasteiger partial charge on any atom is -0.394 e. The minimum absolute atomic E-state index is 0.0368. The lowest BCUT2D eigenvalue weighted by Gasteiger charge is -2.40. The number of piperazine rings is 1. The van der Waals surface area contributed by atoms with Crippen molar-refractivity contribution in [1.29, 1.82) is 0 Å². The van der Waals surface area contributed by atoms with E-state index in [-0.39, 0.29) is 18.6 Å². The maximum Gasteiger partial charge on any atom is 0.241 e. The van der Waals surface area contributed by atoms with Crippen molar-refractivity contribution >= 4 is 11.6 Å². The molecule has 2 aromatic carbocycles. The summed E-state index contributed by atoms with van der Waals surface area (Å²) in [4.78, 5) is 16.5. The Morgan fingerprint density at radius 3 is 2.43 bits per heavy atom. The molecule has 0 unspecified atom stereocenters. The second-order valence-electron chi connectivity index (χ2n) is 6.09. The maximum absolute atomic E-state index is 12.6. The van der Waals surface area contributed by atoms with E-state index >= 15 is 0 Å². The van der Waals surface area contributed by atoms with Crippen molar-refractivity contribution in [2.75, 3.05) is 24.6 Å². The lowest BCUT2D eigenvalue weighted by molar-refractivity contribution is -0.122. The molecule has 1 amide bonds. The smallest absolute Gasteiger partial charge is 0.241 e. The van der Waals surface area contributed by atoms with Crippen LogP contribution in [-0.2, 0) is 11.3 Å². The average molecular weight is 310 g/mol. The van der Waals surface area contributed by atoms with Gasteiger partial charge in [-0.1, -0.05) is 48.0 Å². The first-order valence-electron chi connectivity index (χ1n) is 7.93. The number of carbonyl (C=O) groups excluding carboxylic acids is 1. The number of benzene rings is 2. The Kier molecular flexibility index (Phi) is 4.74. The van der Waals surface area contributed by atoms with Crippen molar-refractivity contribution in [3.63, 3.8) is 0 Å². The zero-order valence-corrected chi connectivity index (χ0v) is 13.4. The Balaban J connectivity index is 1.76. The van der Waals surface area contributed by atoms with E-state index in [1.54, 1.807) is 4.90 Å². The molecule has 23 heavy (non-hydrogen) atoms. The number of aryl methyl sites for hydroxylation is 1. The molecule has 0 bridgehead atoms. The molecule has 1 atom stereocenters. The van der Waals surface area contributed by atoms with Crippen LogP contribution in [0.4, 0.5) is 5.69 Å². The summed E-state index contributed by atoms with van der Waals surface area (Å²) in [5.74, 6) is 0.0371. The third-order valence-electron chi connectivity index (χ3n) is 4.23. The van der Waals surface area contributed by atoms with Gasteiger partial charge in [-0.3, -0.25) is 9.69 Å². The Bertz CT molecular complexity index is 655. The number of anilines is 1. The van der Waals surface area contributed by atoms with Crippen LogP contribution < -0.4 is 4.90 Å². The predicted molar refractivity (Wildman–Crippen MR) is 91.3 cm³/mol. The molecule has 1 heterocycles. The summed E-state index contributed by atoms with van der Waals surface area (Å²) in [5.41, 5.74) is 3.20. The second-order valence-corrected chi connectivity index (χ2v) is 6.09. The van der Waals surface area contributed by atoms with Crippen LogP contribution in [0.15, 0.2) is 54.6 Å². The maximum atomic E-state index is 12.6. The first-order valence-corrected chi connectivity index (χ1v) is 7.93. The number of nitrogens with zero attached hydrogens (tertiary/aromatic N) is 2. The van der Waals surface area contributed by atoms with Crippen LogP contribution >= 0.6 is 0 Å². The molecule has 1 aliphatic rings. The summed E-state index contributed by atoms with van der Waals surface area (Å²) in [6.07, 6.45) is 0. The lowest BCUT2D eigenvalue weighted by atomic mass is 10.1. The first kappa shape index (κ1) is 15.7. The van der Waals surface area contributed by atoms with Crippen LogP contribution in [0.2, 0.25) is 0 Å². The molecule has 0 aliphatic carbocycles. The van der Waals surface area contributed by atoms with Gasteiger partial charge in [0.05, 0.1) is 19.2 Å². The fourth-order valence-electron chi connectivity index (χ4n) is 3.08. The van der Waals surface area contributed by atoms with Crippen LogP contribution in [0.25, 0.3) is 0 Å². The van der Waals surface area contributed by atoms with Crippen molar-refractivity contribution < 1.29 is 9.90 Å². The van der Waals surface area contributed by atoms with E-state index in [2.05, 4.69) is 17.0 Å². The topological polar surface area (TPSA) is 43.8 Å². The molecule has 0 spiro atoms. The summed E-state index contributed by atoms with van der Waals surface area (Å²) in [5, 5.41) is 9.76. The van der Waals surface area contributed by atoms with Crippen LogP contribution in [0, 0.1) is 6.92 Å². The van der Waals surface area contributed by atoms with E-state index in [9.17, 15) is 9.90 Å². The van der Waals surface area contributed by atoms with Gasteiger partial charge in [0.1, 0.15) is 0 Å². The van der Waals surface area contributed by atoms with E-state index in [0.717, 1.165) is 17.8 Å². The number of aliphatic hydroxyl groups excluding tert-OH is 1. The zero-order valence-electron chi connectivity index (χ0n) is 13.4. The molecular formula is C19H22N2O2. The highest BCUT2D eigenvalue weighted by atomic mass is 16.3. The van der Waals surface area contributed by atoms with Crippen molar-refractivity contribution in [3.05, 3.63) is 65.7 Å². The summed E-state index contributed by atoms with van der Waals surface area (Å²) in [6.45, 7) is 3.76. The Hall–Kier alpha value is -2.17. The summed E-state index contributed by atoms with van der Waals surface area (Å²) >= 11 is 0. The summed E-state index contributed by atoms with van der Waals surface area (Å²) in [6, 6.07) is 17.8. The molecule has 3 rings (SSSR count). The Morgan fingerprint density at radius 2 is 1.78 bits per heavy atom. The highest BCUT2D eigenvalue weighted by molar-refractivity contribution is 5.96. The highest BCUT2D eigenvalue weighted by Gasteiger charge is 2.33. The molecule has 2 aromatic rings. The van der Waals surface area contributed by atoms with Crippen molar-refractivity contribution in [2.45, 2.75) is 19.5 Å². The molecule has 1 fully saturated rings. The number of hydrogen-bond acceptors (Lipinski definition) is 3. The number of aliphatic hydroxyl groups is 1. The molecular weight excluding hydrogens is 288 g/mol. The van der Waals surface area contributed by atoms with E-state index in [1.165, 1.54) is 5.56 Å². The standard InChI is InChI=1S/C19H22N2O2/c1-15-7-9-17(10-8-15)21-18(14-22)12-20(13-19(21)23)11-16-5-3-2-4-6-16/h2-10,18,22H,11-14H2,1H3/t18-/m1/s1. The summed E-state index contributed by atoms with van der Waals surface area (Å²) < 4.78 is 0. The van der Waals surface area contributed by atoms with Gasteiger partial charge in [0.25, 0.3) is 0 Å². The fourth-order valence-corrected chi connectivity index (χ4v) is 3.08. The Morgan fingerprint density at radius 1 is 1.09 bits per heavy atom. The summed E-state index contributed by atoms with van der Waals surface area (Å²) in [7, 11) is 0. The van der Waals surface area contributed by atoms with Crippen molar-refractivity contribution in [2.24, 2.45) is 0 Å². The van der Waals surface area contributed by atoms with Gasteiger partial charge in [0.15, 0.2) is 0 Å².